The molecule has 1 aromatic heterocycles. The zero-order valence-corrected chi connectivity index (χ0v) is 22.2. The van der Waals surface area contributed by atoms with Crippen molar-refractivity contribution in [2.45, 2.75) is 38.3 Å². The monoisotopic (exact) mass is 546 g/mol. The number of hydrogen-bond donors (Lipinski definition) is 1. The molecule has 0 atom stereocenters. The van der Waals surface area contributed by atoms with Crippen molar-refractivity contribution in [1.82, 2.24) is 20.1 Å². The van der Waals surface area contributed by atoms with Gasteiger partial charge in [-0.15, -0.1) is 0 Å². The summed E-state index contributed by atoms with van der Waals surface area (Å²) in [6.07, 6.45) is 4.13. The highest BCUT2D eigenvalue weighted by atomic mass is 19.1. The largest absolute Gasteiger partial charge is 0.348 e. The standard InChI is InChI=1S/C31H32F2N4O3/c32-25-6-1-21(2-7-25)20-36-15-13-27(14-16-36)35-30(39)28-10-5-24(19-34-28)31(40)37-17-11-23(12-18-37)29(38)22-3-8-26(33)9-4-22/h1-10,19,23,27H,11-18,20H2,(H,35,39). The molecule has 9 heteroatoms. The number of carbonyl (C=O) groups is 3. The Labute approximate surface area is 232 Å². The van der Waals surface area contributed by atoms with Gasteiger partial charge in [0.25, 0.3) is 11.8 Å². The first-order chi connectivity index (χ1) is 19.4. The highest BCUT2D eigenvalue weighted by Gasteiger charge is 2.29. The van der Waals surface area contributed by atoms with Gasteiger partial charge in [-0.1, -0.05) is 12.1 Å². The van der Waals surface area contributed by atoms with Gasteiger partial charge in [0.05, 0.1) is 5.56 Å². The third kappa shape index (κ3) is 6.77. The summed E-state index contributed by atoms with van der Waals surface area (Å²) in [7, 11) is 0. The number of likely N-dealkylation sites (tertiary alicyclic amines) is 2. The van der Waals surface area contributed by atoms with Crippen LogP contribution in [0.4, 0.5) is 8.78 Å². The van der Waals surface area contributed by atoms with Crippen molar-refractivity contribution in [3.8, 4) is 0 Å². The average Bonchev–Trinajstić information content (AvgIpc) is 2.99. The number of nitrogens with zero attached hydrogens (tertiary/aromatic N) is 3. The lowest BCUT2D eigenvalue weighted by Crippen LogP contribution is -2.44. The van der Waals surface area contributed by atoms with Gasteiger partial charge in [-0.2, -0.15) is 0 Å². The number of halogens is 2. The molecule has 0 aliphatic carbocycles. The molecular weight excluding hydrogens is 514 g/mol. The van der Waals surface area contributed by atoms with Crippen molar-refractivity contribution < 1.29 is 23.2 Å². The van der Waals surface area contributed by atoms with Crippen molar-refractivity contribution in [2.75, 3.05) is 26.2 Å². The van der Waals surface area contributed by atoms with E-state index in [2.05, 4.69) is 15.2 Å². The van der Waals surface area contributed by atoms with Gasteiger partial charge in [0, 0.05) is 56.4 Å². The molecular formula is C31H32F2N4O3. The maximum Gasteiger partial charge on any atom is 0.270 e. The molecule has 0 bridgehead atoms. The summed E-state index contributed by atoms with van der Waals surface area (Å²) in [5.41, 5.74) is 2.20. The van der Waals surface area contributed by atoms with E-state index in [-0.39, 0.29) is 46.9 Å². The Balaban J connectivity index is 1.07. The Kier molecular flexibility index (Phi) is 8.60. The number of hydrogen-bond acceptors (Lipinski definition) is 5. The van der Waals surface area contributed by atoms with Gasteiger partial charge in [-0.25, -0.2) is 8.78 Å². The molecule has 1 N–H and O–H groups in total. The molecule has 2 fully saturated rings. The zero-order chi connectivity index (χ0) is 28.1. The number of piperidine rings is 2. The van der Waals surface area contributed by atoms with E-state index >= 15 is 0 Å². The Morgan fingerprint density at radius 3 is 1.98 bits per heavy atom. The van der Waals surface area contributed by atoms with E-state index in [0.29, 0.717) is 37.1 Å². The Morgan fingerprint density at radius 1 is 0.775 bits per heavy atom. The van der Waals surface area contributed by atoms with E-state index in [1.807, 2.05) is 0 Å². The topological polar surface area (TPSA) is 82.6 Å². The van der Waals surface area contributed by atoms with Crippen molar-refractivity contribution in [1.29, 1.82) is 0 Å². The number of pyridine rings is 1. The Hall–Kier alpha value is -3.98. The first kappa shape index (κ1) is 27.6. The van der Waals surface area contributed by atoms with E-state index in [1.54, 1.807) is 29.2 Å². The smallest absolute Gasteiger partial charge is 0.270 e. The summed E-state index contributed by atoms with van der Waals surface area (Å²) in [6, 6.07) is 15.3. The van der Waals surface area contributed by atoms with E-state index in [4.69, 9.17) is 0 Å². The van der Waals surface area contributed by atoms with Crippen LogP contribution in [0.25, 0.3) is 0 Å². The number of rotatable bonds is 7. The molecule has 0 radical (unpaired) electrons. The number of aromatic nitrogens is 1. The Morgan fingerprint density at radius 2 is 1.38 bits per heavy atom. The van der Waals surface area contributed by atoms with Gasteiger partial charge in [-0.3, -0.25) is 24.3 Å². The molecule has 2 aliphatic heterocycles. The maximum atomic E-state index is 13.2. The van der Waals surface area contributed by atoms with Crippen LogP contribution in [0.2, 0.25) is 0 Å². The molecule has 0 saturated carbocycles. The van der Waals surface area contributed by atoms with Crippen LogP contribution in [-0.2, 0) is 6.54 Å². The molecule has 2 amide bonds. The Bertz CT molecular complexity index is 1330. The van der Waals surface area contributed by atoms with Crippen molar-refractivity contribution in [2.24, 2.45) is 5.92 Å². The van der Waals surface area contributed by atoms with Crippen molar-refractivity contribution in [3.63, 3.8) is 0 Å². The number of nitrogens with one attached hydrogen (secondary N) is 1. The first-order valence-corrected chi connectivity index (χ1v) is 13.7. The molecule has 40 heavy (non-hydrogen) atoms. The van der Waals surface area contributed by atoms with Gasteiger partial charge in [0.2, 0.25) is 0 Å². The molecule has 7 nitrogen and oxygen atoms in total. The van der Waals surface area contributed by atoms with Crippen LogP contribution >= 0.6 is 0 Å². The predicted octanol–water partition coefficient (Wildman–Crippen LogP) is 4.49. The summed E-state index contributed by atoms with van der Waals surface area (Å²) in [5, 5.41) is 3.05. The fourth-order valence-corrected chi connectivity index (χ4v) is 5.37. The van der Waals surface area contributed by atoms with Gasteiger partial charge in [0.1, 0.15) is 17.3 Å². The first-order valence-electron chi connectivity index (χ1n) is 13.7. The van der Waals surface area contributed by atoms with Gasteiger partial charge < -0.3 is 10.2 Å². The molecule has 5 rings (SSSR count). The molecule has 3 heterocycles. The van der Waals surface area contributed by atoms with E-state index in [9.17, 15) is 23.2 Å². The number of amides is 2. The SMILES string of the molecule is O=C(NC1CCN(Cc2ccc(F)cc2)CC1)c1ccc(C(=O)N2CCC(C(=O)c3ccc(F)cc3)CC2)cn1. The number of Topliss-reactive ketones (excluding diaryl/α,β-unsaturated/α-hetero) is 1. The predicted molar refractivity (Wildman–Crippen MR) is 146 cm³/mol. The molecule has 2 saturated heterocycles. The average molecular weight is 547 g/mol. The number of benzene rings is 2. The number of carbonyl (C=O) groups excluding carboxylic acids is 3. The second-order valence-corrected chi connectivity index (χ2v) is 10.5. The summed E-state index contributed by atoms with van der Waals surface area (Å²) in [6.45, 7) is 3.29. The minimum atomic E-state index is -0.380. The van der Waals surface area contributed by atoms with Gasteiger partial charge in [0.15, 0.2) is 5.78 Å². The molecule has 2 aromatic carbocycles. The minimum Gasteiger partial charge on any atom is -0.348 e. The highest BCUT2D eigenvalue weighted by Crippen LogP contribution is 2.23. The highest BCUT2D eigenvalue weighted by molar-refractivity contribution is 5.99. The van der Waals surface area contributed by atoms with Crippen LogP contribution in [-0.4, -0.2) is 64.6 Å². The summed E-state index contributed by atoms with van der Waals surface area (Å²) in [5.74, 6) is -1.30. The van der Waals surface area contributed by atoms with Crippen molar-refractivity contribution >= 4 is 17.6 Å². The van der Waals surface area contributed by atoms with E-state index in [0.717, 1.165) is 38.0 Å². The summed E-state index contributed by atoms with van der Waals surface area (Å²) >= 11 is 0. The van der Waals surface area contributed by atoms with Crippen LogP contribution in [0.5, 0.6) is 0 Å². The molecule has 0 spiro atoms. The maximum absolute atomic E-state index is 13.2. The fourth-order valence-electron chi connectivity index (χ4n) is 5.37. The summed E-state index contributed by atoms with van der Waals surface area (Å²) < 4.78 is 26.3. The lowest BCUT2D eigenvalue weighted by Gasteiger charge is -2.32. The molecule has 2 aliphatic rings. The second kappa shape index (κ2) is 12.5. The van der Waals surface area contributed by atoms with E-state index in [1.165, 1.54) is 42.6 Å². The van der Waals surface area contributed by atoms with Gasteiger partial charge >= 0.3 is 0 Å². The normalized spacial score (nSPS) is 17.0. The van der Waals surface area contributed by atoms with Crippen LogP contribution in [0, 0.1) is 17.6 Å². The molecule has 3 aromatic rings. The minimum absolute atomic E-state index is 0.0253. The third-order valence-corrected chi connectivity index (χ3v) is 7.77. The van der Waals surface area contributed by atoms with Crippen LogP contribution in [0.3, 0.4) is 0 Å². The number of ketones is 1. The van der Waals surface area contributed by atoms with Crippen LogP contribution < -0.4 is 5.32 Å². The van der Waals surface area contributed by atoms with Gasteiger partial charge in [-0.05, 0) is 79.8 Å². The lowest BCUT2D eigenvalue weighted by molar-refractivity contribution is 0.0649. The zero-order valence-electron chi connectivity index (χ0n) is 22.2. The second-order valence-electron chi connectivity index (χ2n) is 10.5. The summed E-state index contributed by atoms with van der Waals surface area (Å²) in [4.78, 5) is 46.7. The fraction of sp³-hybridized carbons (Fsp3) is 0.355. The molecule has 0 unspecified atom stereocenters. The quantitative estimate of drug-likeness (QED) is 0.442. The van der Waals surface area contributed by atoms with Crippen LogP contribution in [0.1, 0.15) is 62.5 Å². The molecule has 208 valence electrons. The van der Waals surface area contributed by atoms with Crippen molar-refractivity contribution in [3.05, 3.63) is 101 Å². The van der Waals surface area contributed by atoms with Crippen LogP contribution in [0.15, 0.2) is 66.9 Å². The lowest BCUT2D eigenvalue weighted by atomic mass is 9.88. The van der Waals surface area contributed by atoms with E-state index < -0.39 is 0 Å². The third-order valence-electron chi connectivity index (χ3n) is 7.77.